The minimum Gasteiger partial charge on any atom is -0.399 e. The van der Waals surface area contributed by atoms with E-state index >= 15 is 0 Å². The first-order chi connectivity index (χ1) is 9.97. The highest BCUT2D eigenvalue weighted by molar-refractivity contribution is 5.93. The Hall–Kier alpha value is -2.08. The van der Waals surface area contributed by atoms with Crippen LogP contribution in [0.1, 0.15) is 12.8 Å². The molecule has 2 rings (SSSR count). The van der Waals surface area contributed by atoms with Gasteiger partial charge in [0.05, 0.1) is 12.6 Å². The lowest BCUT2D eigenvalue weighted by molar-refractivity contribution is -0.133. The van der Waals surface area contributed by atoms with Gasteiger partial charge in [0.25, 0.3) is 0 Å². The molecular weight excluding hydrogens is 268 g/mol. The molecule has 1 aliphatic heterocycles. The van der Waals surface area contributed by atoms with Gasteiger partial charge >= 0.3 is 0 Å². The Kier molecular flexibility index (Phi) is 4.80. The minimum absolute atomic E-state index is 0.0595. The Labute approximate surface area is 124 Å². The molecule has 3 N–H and O–H groups in total. The summed E-state index contributed by atoms with van der Waals surface area (Å²) in [6.45, 7) is 0.994. The molecule has 0 saturated carbocycles. The van der Waals surface area contributed by atoms with Gasteiger partial charge in [-0.2, -0.15) is 0 Å². The number of likely N-dealkylation sites (N-methyl/N-ethyl adjacent to an activating group) is 1. The predicted molar refractivity (Wildman–Crippen MR) is 82.8 cm³/mol. The van der Waals surface area contributed by atoms with Crippen LogP contribution in [-0.4, -0.2) is 54.8 Å². The third-order valence-corrected chi connectivity index (χ3v) is 3.61. The van der Waals surface area contributed by atoms with Crippen LogP contribution in [0.5, 0.6) is 0 Å². The summed E-state index contributed by atoms with van der Waals surface area (Å²) in [5, 5.41) is 2.81. The number of carbonyl (C=O) groups excluding carboxylic acids is 2. The average molecular weight is 290 g/mol. The van der Waals surface area contributed by atoms with Crippen LogP contribution >= 0.6 is 0 Å². The van der Waals surface area contributed by atoms with Crippen LogP contribution in [-0.2, 0) is 9.59 Å². The number of carbonyl (C=O) groups is 2. The number of rotatable bonds is 4. The van der Waals surface area contributed by atoms with Gasteiger partial charge in [0.2, 0.25) is 11.8 Å². The molecule has 21 heavy (non-hydrogen) atoms. The van der Waals surface area contributed by atoms with E-state index in [1.54, 1.807) is 43.3 Å². The SMILES string of the molecule is CN(C)C(=O)C1CCCN1CC(=O)Nc1cccc(N)c1. The standard InChI is InChI=1S/C15H22N4O2/c1-18(2)15(21)13-7-4-8-19(13)10-14(20)17-12-6-3-5-11(16)9-12/h3,5-6,9,13H,4,7-8,10,16H2,1-2H3,(H,17,20). The Morgan fingerprint density at radius 1 is 1.43 bits per heavy atom. The second-order valence-corrected chi connectivity index (χ2v) is 5.53. The number of amides is 2. The van der Waals surface area contributed by atoms with Crippen LogP contribution in [0.25, 0.3) is 0 Å². The zero-order valence-corrected chi connectivity index (χ0v) is 12.5. The van der Waals surface area contributed by atoms with Gasteiger partial charge in [-0.25, -0.2) is 0 Å². The molecule has 1 heterocycles. The molecule has 6 heteroatoms. The third-order valence-electron chi connectivity index (χ3n) is 3.61. The van der Waals surface area contributed by atoms with Gasteiger partial charge in [0.1, 0.15) is 0 Å². The second kappa shape index (κ2) is 6.58. The summed E-state index contributed by atoms with van der Waals surface area (Å²) < 4.78 is 0. The zero-order chi connectivity index (χ0) is 15.4. The Morgan fingerprint density at radius 2 is 2.19 bits per heavy atom. The number of nitrogens with two attached hydrogens (primary N) is 1. The fraction of sp³-hybridized carbons (Fsp3) is 0.467. The van der Waals surface area contributed by atoms with Gasteiger partial charge in [0.15, 0.2) is 0 Å². The lowest BCUT2D eigenvalue weighted by Gasteiger charge is -2.25. The van der Waals surface area contributed by atoms with E-state index in [4.69, 9.17) is 5.73 Å². The number of anilines is 2. The molecule has 0 spiro atoms. The van der Waals surface area contributed by atoms with Crippen LogP contribution < -0.4 is 11.1 Å². The molecule has 0 aromatic heterocycles. The zero-order valence-electron chi connectivity index (χ0n) is 12.5. The molecule has 2 amide bonds. The normalized spacial score (nSPS) is 18.5. The van der Waals surface area contributed by atoms with Gasteiger partial charge in [0, 0.05) is 25.5 Å². The topological polar surface area (TPSA) is 78.7 Å². The lowest BCUT2D eigenvalue weighted by Crippen LogP contribution is -2.45. The van der Waals surface area contributed by atoms with Crippen molar-refractivity contribution >= 4 is 23.2 Å². The van der Waals surface area contributed by atoms with E-state index in [1.165, 1.54) is 0 Å². The number of nitrogen functional groups attached to an aromatic ring is 1. The maximum Gasteiger partial charge on any atom is 0.239 e. The first kappa shape index (κ1) is 15.3. The Bertz CT molecular complexity index is 530. The fourth-order valence-corrected chi connectivity index (χ4v) is 2.59. The molecule has 0 bridgehead atoms. The maximum atomic E-state index is 12.1. The highest BCUT2D eigenvalue weighted by atomic mass is 16.2. The highest BCUT2D eigenvalue weighted by Gasteiger charge is 2.32. The highest BCUT2D eigenvalue weighted by Crippen LogP contribution is 2.19. The van der Waals surface area contributed by atoms with Crippen molar-refractivity contribution in [2.75, 3.05) is 38.2 Å². The first-order valence-electron chi connectivity index (χ1n) is 7.08. The minimum atomic E-state index is -0.188. The van der Waals surface area contributed by atoms with Crippen LogP contribution in [0.15, 0.2) is 24.3 Å². The monoisotopic (exact) mass is 290 g/mol. The van der Waals surface area contributed by atoms with Crippen molar-refractivity contribution in [3.05, 3.63) is 24.3 Å². The van der Waals surface area contributed by atoms with E-state index in [9.17, 15) is 9.59 Å². The van der Waals surface area contributed by atoms with Gasteiger partial charge in [-0.1, -0.05) is 6.07 Å². The molecule has 6 nitrogen and oxygen atoms in total. The molecule has 114 valence electrons. The van der Waals surface area contributed by atoms with E-state index in [1.807, 2.05) is 4.90 Å². The van der Waals surface area contributed by atoms with Gasteiger partial charge < -0.3 is 16.0 Å². The van der Waals surface area contributed by atoms with Crippen LogP contribution in [0.2, 0.25) is 0 Å². The molecule has 1 aromatic rings. The number of nitrogens with one attached hydrogen (secondary N) is 1. The molecule has 1 saturated heterocycles. The summed E-state index contributed by atoms with van der Waals surface area (Å²) in [5.41, 5.74) is 6.96. The van der Waals surface area contributed by atoms with Crippen molar-refractivity contribution in [2.24, 2.45) is 0 Å². The molecule has 1 aliphatic rings. The van der Waals surface area contributed by atoms with Gasteiger partial charge in [-0.3, -0.25) is 14.5 Å². The second-order valence-electron chi connectivity index (χ2n) is 5.53. The quantitative estimate of drug-likeness (QED) is 0.803. The van der Waals surface area contributed by atoms with E-state index < -0.39 is 0 Å². The van der Waals surface area contributed by atoms with Crippen LogP contribution in [0.3, 0.4) is 0 Å². The molecule has 1 unspecified atom stereocenters. The van der Waals surface area contributed by atoms with Crippen LogP contribution in [0.4, 0.5) is 11.4 Å². The number of hydrogen-bond acceptors (Lipinski definition) is 4. The van der Waals surface area contributed by atoms with Crippen molar-refractivity contribution < 1.29 is 9.59 Å². The molecule has 1 fully saturated rings. The Balaban J connectivity index is 1.94. The van der Waals surface area contributed by atoms with E-state index in [0.717, 1.165) is 19.4 Å². The van der Waals surface area contributed by atoms with Crippen molar-refractivity contribution in [3.8, 4) is 0 Å². The van der Waals surface area contributed by atoms with Crippen molar-refractivity contribution in [1.82, 2.24) is 9.80 Å². The number of nitrogens with zero attached hydrogens (tertiary/aromatic N) is 2. The fourth-order valence-electron chi connectivity index (χ4n) is 2.59. The average Bonchev–Trinajstić information content (AvgIpc) is 2.85. The molecular formula is C15H22N4O2. The molecule has 1 aromatic carbocycles. The van der Waals surface area contributed by atoms with E-state index in [2.05, 4.69) is 5.32 Å². The molecule has 0 aliphatic carbocycles. The lowest BCUT2D eigenvalue weighted by atomic mass is 10.2. The van der Waals surface area contributed by atoms with Crippen molar-refractivity contribution in [2.45, 2.75) is 18.9 Å². The largest absolute Gasteiger partial charge is 0.399 e. The summed E-state index contributed by atoms with van der Waals surface area (Å²) in [5.74, 6) is -0.0664. The summed E-state index contributed by atoms with van der Waals surface area (Å²) in [7, 11) is 3.48. The predicted octanol–water partition coefficient (Wildman–Crippen LogP) is 0.760. The number of benzene rings is 1. The van der Waals surface area contributed by atoms with Crippen LogP contribution in [0, 0.1) is 0 Å². The van der Waals surface area contributed by atoms with Crippen molar-refractivity contribution in [1.29, 1.82) is 0 Å². The van der Waals surface area contributed by atoms with E-state index in [0.29, 0.717) is 11.4 Å². The third kappa shape index (κ3) is 3.95. The summed E-state index contributed by atoms with van der Waals surface area (Å²) in [4.78, 5) is 27.7. The summed E-state index contributed by atoms with van der Waals surface area (Å²) in [6, 6.07) is 6.87. The van der Waals surface area contributed by atoms with Gasteiger partial charge in [-0.15, -0.1) is 0 Å². The summed E-state index contributed by atoms with van der Waals surface area (Å²) >= 11 is 0. The number of likely N-dealkylation sites (tertiary alicyclic amines) is 1. The smallest absolute Gasteiger partial charge is 0.239 e. The maximum absolute atomic E-state index is 12.1. The number of hydrogen-bond donors (Lipinski definition) is 2. The summed E-state index contributed by atoms with van der Waals surface area (Å²) in [6.07, 6.45) is 1.75. The molecule has 1 atom stereocenters. The Morgan fingerprint density at radius 3 is 2.86 bits per heavy atom. The van der Waals surface area contributed by atoms with Crippen molar-refractivity contribution in [3.63, 3.8) is 0 Å². The van der Waals surface area contributed by atoms with E-state index in [-0.39, 0.29) is 24.4 Å². The molecule has 0 radical (unpaired) electrons. The van der Waals surface area contributed by atoms with Gasteiger partial charge in [-0.05, 0) is 37.6 Å². The first-order valence-corrected chi connectivity index (χ1v) is 7.08.